The molecule has 0 aliphatic carbocycles. The van der Waals surface area contributed by atoms with Crippen molar-refractivity contribution in [3.05, 3.63) is 59.9 Å². The van der Waals surface area contributed by atoms with Crippen LogP contribution in [0.1, 0.15) is 18.5 Å². The van der Waals surface area contributed by atoms with Crippen molar-refractivity contribution in [2.75, 3.05) is 12.4 Å². The molecule has 2 N–H and O–H groups in total. The SMILES string of the molecule is COc1ccc([C@H](C)NC(=S)Nc2ccc(F)cc2)cc1. The summed E-state index contributed by atoms with van der Waals surface area (Å²) in [5, 5.41) is 6.69. The van der Waals surface area contributed by atoms with Crippen LogP contribution in [0.5, 0.6) is 5.75 Å². The molecular weight excluding hydrogens is 287 g/mol. The molecule has 3 nitrogen and oxygen atoms in total. The topological polar surface area (TPSA) is 33.3 Å². The van der Waals surface area contributed by atoms with Crippen LogP contribution in [0.15, 0.2) is 48.5 Å². The maximum Gasteiger partial charge on any atom is 0.171 e. The lowest BCUT2D eigenvalue weighted by atomic mass is 10.1. The third kappa shape index (κ3) is 4.43. The Balaban J connectivity index is 1.93. The average Bonchev–Trinajstić information content (AvgIpc) is 2.49. The molecule has 0 heterocycles. The van der Waals surface area contributed by atoms with E-state index in [0.29, 0.717) is 5.11 Å². The van der Waals surface area contributed by atoms with E-state index in [0.717, 1.165) is 17.0 Å². The van der Waals surface area contributed by atoms with Crippen LogP contribution in [0, 0.1) is 5.82 Å². The highest BCUT2D eigenvalue weighted by molar-refractivity contribution is 7.80. The molecule has 0 aromatic heterocycles. The number of ether oxygens (including phenoxy) is 1. The molecule has 0 bridgehead atoms. The number of rotatable bonds is 4. The zero-order valence-electron chi connectivity index (χ0n) is 11.9. The van der Waals surface area contributed by atoms with Gasteiger partial charge < -0.3 is 15.4 Å². The second-order valence-corrected chi connectivity index (χ2v) is 5.01. The number of halogens is 1. The summed E-state index contributed by atoms with van der Waals surface area (Å²) < 4.78 is 18.0. The molecule has 0 aliphatic rings. The Hall–Kier alpha value is -2.14. The summed E-state index contributed by atoms with van der Waals surface area (Å²) in [6.07, 6.45) is 0. The predicted octanol–water partition coefficient (Wildman–Crippen LogP) is 3.88. The molecular formula is C16H17FN2OS. The number of methoxy groups -OCH3 is 1. The highest BCUT2D eigenvalue weighted by Gasteiger charge is 2.07. The van der Waals surface area contributed by atoms with Gasteiger partial charge in [-0.15, -0.1) is 0 Å². The first-order valence-electron chi connectivity index (χ1n) is 6.55. The van der Waals surface area contributed by atoms with Crippen molar-refractivity contribution in [2.24, 2.45) is 0 Å². The molecule has 0 saturated carbocycles. The van der Waals surface area contributed by atoms with Crippen LogP contribution < -0.4 is 15.4 Å². The molecule has 110 valence electrons. The number of hydrogen-bond donors (Lipinski definition) is 2. The average molecular weight is 304 g/mol. The van der Waals surface area contributed by atoms with Crippen LogP contribution in [0.25, 0.3) is 0 Å². The lowest BCUT2D eigenvalue weighted by Crippen LogP contribution is -2.30. The summed E-state index contributed by atoms with van der Waals surface area (Å²) in [5.41, 5.74) is 1.84. The molecule has 0 aliphatic heterocycles. The highest BCUT2D eigenvalue weighted by Crippen LogP contribution is 2.17. The Bertz CT molecular complexity index is 599. The van der Waals surface area contributed by atoms with Crippen LogP contribution in [0.2, 0.25) is 0 Å². The summed E-state index contributed by atoms with van der Waals surface area (Å²) in [6, 6.07) is 13.9. The van der Waals surface area contributed by atoms with E-state index in [2.05, 4.69) is 10.6 Å². The fourth-order valence-electron chi connectivity index (χ4n) is 1.87. The Morgan fingerprint density at radius 2 is 1.71 bits per heavy atom. The number of hydrogen-bond acceptors (Lipinski definition) is 2. The van der Waals surface area contributed by atoms with Crippen LogP contribution >= 0.6 is 12.2 Å². The van der Waals surface area contributed by atoms with Crippen molar-refractivity contribution in [2.45, 2.75) is 13.0 Å². The molecule has 2 aromatic rings. The Kier molecular flexibility index (Phi) is 5.11. The first-order valence-corrected chi connectivity index (χ1v) is 6.96. The quantitative estimate of drug-likeness (QED) is 0.840. The minimum Gasteiger partial charge on any atom is -0.497 e. The Morgan fingerprint density at radius 3 is 2.29 bits per heavy atom. The molecule has 0 saturated heterocycles. The number of benzene rings is 2. The maximum atomic E-state index is 12.8. The van der Waals surface area contributed by atoms with Gasteiger partial charge in [-0.2, -0.15) is 0 Å². The van der Waals surface area contributed by atoms with Gasteiger partial charge in [-0.1, -0.05) is 12.1 Å². The molecule has 0 spiro atoms. The Morgan fingerprint density at radius 1 is 1.10 bits per heavy atom. The minimum atomic E-state index is -0.272. The molecule has 5 heteroatoms. The van der Waals surface area contributed by atoms with Crippen molar-refractivity contribution in [1.29, 1.82) is 0 Å². The summed E-state index contributed by atoms with van der Waals surface area (Å²) in [5.74, 6) is 0.545. The van der Waals surface area contributed by atoms with Gasteiger partial charge in [0.15, 0.2) is 5.11 Å². The van der Waals surface area contributed by atoms with E-state index in [9.17, 15) is 4.39 Å². The second-order valence-electron chi connectivity index (χ2n) is 4.60. The molecule has 0 unspecified atom stereocenters. The van der Waals surface area contributed by atoms with Gasteiger partial charge in [0.05, 0.1) is 13.2 Å². The van der Waals surface area contributed by atoms with Crippen LogP contribution in [0.4, 0.5) is 10.1 Å². The van der Waals surface area contributed by atoms with E-state index in [-0.39, 0.29) is 11.9 Å². The lowest BCUT2D eigenvalue weighted by molar-refractivity contribution is 0.414. The second kappa shape index (κ2) is 7.04. The third-order valence-electron chi connectivity index (χ3n) is 3.07. The van der Waals surface area contributed by atoms with Gasteiger partial charge in [-0.25, -0.2) is 4.39 Å². The van der Waals surface area contributed by atoms with E-state index in [4.69, 9.17) is 17.0 Å². The summed E-state index contributed by atoms with van der Waals surface area (Å²) in [6.45, 7) is 2.01. The van der Waals surface area contributed by atoms with E-state index >= 15 is 0 Å². The largest absolute Gasteiger partial charge is 0.497 e. The monoisotopic (exact) mass is 304 g/mol. The van der Waals surface area contributed by atoms with Crippen LogP contribution in [-0.2, 0) is 0 Å². The first kappa shape index (κ1) is 15.3. The van der Waals surface area contributed by atoms with Crippen molar-refractivity contribution in [3.63, 3.8) is 0 Å². The summed E-state index contributed by atoms with van der Waals surface area (Å²) in [7, 11) is 1.64. The zero-order valence-corrected chi connectivity index (χ0v) is 12.7. The lowest BCUT2D eigenvalue weighted by Gasteiger charge is -2.17. The predicted molar refractivity (Wildman–Crippen MR) is 87.2 cm³/mol. The molecule has 1 atom stereocenters. The molecule has 2 aromatic carbocycles. The molecule has 21 heavy (non-hydrogen) atoms. The molecule has 0 amide bonds. The standard InChI is InChI=1S/C16H17FN2OS/c1-11(12-3-9-15(20-2)10-4-12)18-16(21)19-14-7-5-13(17)6-8-14/h3-11H,1-2H3,(H2,18,19,21)/t11-/m0/s1. The van der Waals surface area contributed by atoms with E-state index in [1.165, 1.54) is 12.1 Å². The van der Waals surface area contributed by atoms with E-state index in [1.54, 1.807) is 19.2 Å². The van der Waals surface area contributed by atoms with Gasteiger partial charge in [0.2, 0.25) is 0 Å². The highest BCUT2D eigenvalue weighted by atomic mass is 32.1. The summed E-state index contributed by atoms with van der Waals surface area (Å²) in [4.78, 5) is 0. The maximum absolute atomic E-state index is 12.8. The normalized spacial score (nSPS) is 11.6. The number of thiocarbonyl (C=S) groups is 1. The fourth-order valence-corrected chi connectivity index (χ4v) is 2.17. The van der Waals surface area contributed by atoms with Gasteiger partial charge in [0, 0.05) is 5.69 Å². The van der Waals surface area contributed by atoms with Crippen LogP contribution in [-0.4, -0.2) is 12.2 Å². The number of anilines is 1. The fraction of sp³-hybridized carbons (Fsp3) is 0.188. The minimum absolute atomic E-state index is 0.0522. The van der Waals surface area contributed by atoms with Crippen molar-refractivity contribution >= 4 is 23.0 Å². The zero-order chi connectivity index (χ0) is 15.2. The van der Waals surface area contributed by atoms with Gasteiger partial charge in [-0.3, -0.25) is 0 Å². The van der Waals surface area contributed by atoms with Gasteiger partial charge >= 0.3 is 0 Å². The van der Waals surface area contributed by atoms with Crippen molar-refractivity contribution < 1.29 is 9.13 Å². The van der Waals surface area contributed by atoms with Crippen molar-refractivity contribution in [1.82, 2.24) is 5.32 Å². The first-order chi connectivity index (χ1) is 10.1. The molecule has 2 rings (SSSR count). The Labute approximate surface area is 129 Å². The number of nitrogens with one attached hydrogen (secondary N) is 2. The van der Waals surface area contributed by atoms with Gasteiger partial charge in [-0.05, 0) is 61.1 Å². The van der Waals surface area contributed by atoms with Crippen molar-refractivity contribution in [3.8, 4) is 5.75 Å². The van der Waals surface area contributed by atoms with E-state index in [1.807, 2.05) is 31.2 Å². The van der Waals surface area contributed by atoms with Gasteiger partial charge in [0.1, 0.15) is 11.6 Å². The smallest absolute Gasteiger partial charge is 0.171 e. The van der Waals surface area contributed by atoms with Crippen LogP contribution in [0.3, 0.4) is 0 Å². The molecule has 0 radical (unpaired) electrons. The third-order valence-corrected chi connectivity index (χ3v) is 3.29. The van der Waals surface area contributed by atoms with E-state index < -0.39 is 0 Å². The summed E-state index contributed by atoms with van der Waals surface area (Å²) >= 11 is 5.25. The van der Waals surface area contributed by atoms with Gasteiger partial charge in [0.25, 0.3) is 0 Å². The molecule has 0 fully saturated rings.